The SMILES string of the molecule is CCCCCCNc1cnn(CC)c1. The molecule has 0 saturated heterocycles. The highest BCUT2D eigenvalue weighted by molar-refractivity contribution is 5.37. The van der Waals surface area contributed by atoms with Gasteiger partial charge in [-0.15, -0.1) is 0 Å². The van der Waals surface area contributed by atoms with E-state index in [4.69, 9.17) is 0 Å². The summed E-state index contributed by atoms with van der Waals surface area (Å²) >= 11 is 0. The van der Waals surface area contributed by atoms with E-state index in [0.29, 0.717) is 0 Å². The van der Waals surface area contributed by atoms with Gasteiger partial charge in [-0.3, -0.25) is 4.68 Å². The minimum absolute atomic E-state index is 0.942. The van der Waals surface area contributed by atoms with Gasteiger partial charge in [-0.05, 0) is 13.3 Å². The van der Waals surface area contributed by atoms with Gasteiger partial charge in [-0.2, -0.15) is 5.10 Å². The molecule has 3 nitrogen and oxygen atoms in total. The minimum Gasteiger partial charge on any atom is -0.383 e. The van der Waals surface area contributed by atoms with Crippen molar-refractivity contribution in [1.29, 1.82) is 0 Å². The lowest BCUT2D eigenvalue weighted by molar-refractivity contribution is 0.659. The molecule has 0 amide bonds. The quantitative estimate of drug-likeness (QED) is 0.678. The predicted octanol–water partition coefficient (Wildman–Crippen LogP) is 2.90. The second-order valence-electron chi connectivity index (χ2n) is 3.57. The molecule has 80 valence electrons. The fraction of sp³-hybridized carbons (Fsp3) is 0.727. The zero-order valence-corrected chi connectivity index (χ0v) is 9.29. The van der Waals surface area contributed by atoms with E-state index in [9.17, 15) is 0 Å². The molecule has 3 heteroatoms. The number of aromatic nitrogens is 2. The van der Waals surface area contributed by atoms with Gasteiger partial charge in [0.25, 0.3) is 0 Å². The molecule has 0 saturated carbocycles. The van der Waals surface area contributed by atoms with Crippen LogP contribution in [0.15, 0.2) is 12.4 Å². The zero-order valence-electron chi connectivity index (χ0n) is 9.29. The molecule has 14 heavy (non-hydrogen) atoms. The number of hydrogen-bond acceptors (Lipinski definition) is 2. The molecule has 0 radical (unpaired) electrons. The Morgan fingerprint density at radius 3 is 2.79 bits per heavy atom. The number of nitrogens with one attached hydrogen (secondary N) is 1. The van der Waals surface area contributed by atoms with Crippen LogP contribution in [-0.4, -0.2) is 16.3 Å². The number of unbranched alkanes of at least 4 members (excludes halogenated alkanes) is 3. The first-order chi connectivity index (χ1) is 6.86. The second kappa shape index (κ2) is 6.46. The highest BCUT2D eigenvalue weighted by Gasteiger charge is 1.95. The van der Waals surface area contributed by atoms with Crippen LogP contribution in [-0.2, 0) is 6.54 Å². The summed E-state index contributed by atoms with van der Waals surface area (Å²) in [6.07, 6.45) is 9.17. The number of nitrogens with zero attached hydrogens (tertiary/aromatic N) is 2. The summed E-state index contributed by atoms with van der Waals surface area (Å²) in [6.45, 7) is 6.34. The first-order valence-electron chi connectivity index (χ1n) is 5.63. The Morgan fingerprint density at radius 1 is 1.29 bits per heavy atom. The average Bonchev–Trinajstić information content (AvgIpc) is 2.65. The van der Waals surface area contributed by atoms with Crippen molar-refractivity contribution in [3.63, 3.8) is 0 Å². The maximum absolute atomic E-state index is 4.20. The van der Waals surface area contributed by atoms with Crippen LogP contribution in [0.4, 0.5) is 5.69 Å². The van der Waals surface area contributed by atoms with Crippen LogP contribution in [0, 0.1) is 0 Å². The molecule has 1 aromatic heterocycles. The van der Waals surface area contributed by atoms with E-state index >= 15 is 0 Å². The van der Waals surface area contributed by atoms with Gasteiger partial charge in [0, 0.05) is 19.3 Å². The van der Waals surface area contributed by atoms with E-state index in [-0.39, 0.29) is 0 Å². The fourth-order valence-corrected chi connectivity index (χ4v) is 1.41. The van der Waals surface area contributed by atoms with Crippen molar-refractivity contribution in [2.45, 2.75) is 46.1 Å². The molecule has 0 aliphatic carbocycles. The van der Waals surface area contributed by atoms with Gasteiger partial charge in [-0.25, -0.2) is 0 Å². The molecular formula is C11H21N3. The molecular weight excluding hydrogens is 174 g/mol. The van der Waals surface area contributed by atoms with Crippen molar-refractivity contribution in [2.24, 2.45) is 0 Å². The van der Waals surface area contributed by atoms with Crippen LogP contribution in [0.1, 0.15) is 39.5 Å². The first kappa shape index (κ1) is 11.1. The van der Waals surface area contributed by atoms with Crippen LogP contribution in [0.2, 0.25) is 0 Å². The van der Waals surface area contributed by atoms with Gasteiger partial charge in [-0.1, -0.05) is 26.2 Å². The zero-order chi connectivity index (χ0) is 10.2. The van der Waals surface area contributed by atoms with Crippen molar-refractivity contribution in [1.82, 2.24) is 9.78 Å². The van der Waals surface area contributed by atoms with Crippen LogP contribution < -0.4 is 5.32 Å². The van der Waals surface area contributed by atoms with Gasteiger partial charge < -0.3 is 5.32 Å². The molecule has 1 rings (SSSR count). The maximum atomic E-state index is 4.20. The Kier molecular flexibility index (Phi) is 5.12. The van der Waals surface area contributed by atoms with Crippen LogP contribution in [0.25, 0.3) is 0 Å². The van der Waals surface area contributed by atoms with E-state index in [1.165, 1.54) is 25.7 Å². The molecule has 0 aliphatic rings. The molecule has 1 N–H and O–H groups in total. The number of rotatable bonds is 7. The Hall–Kier alpha value is -0.990. The lowest BCUT2D eigenvalue weighted by Crippen LogP contribution is -2.00. The molecule has 0 atom stereocenters. The van der Waals surface area contributed by atoms with E-state index in [0.717, 1.165) is 18.8 Å². The van der Waals surface area contributed by atoms with Crippen molar-refractivity contribution in [2.75, 3.05) is 11.9 Å². The summed E-state index contributed by atoms with van der Waals surface area (Å²) in [5, 5.41) is 7.58. The summed E-state index contributed by atoms with van der Waals surface area (Å²) in [7, 11) is 0. The first-order valence-corrected chi connectivity index (χ1v) is 5.63. The third-order valence-corrected chi connectivity index (χ3v) is 2.32. The Bertz CT molecular complexity index is 242. The molecule has 0 fully saturated rings. The van der Waals surface area contributed by atoms with Gasteiger partial charge in [0.05, 0.1) is 11.9 Å². The molecule has 0 unspecified atom stereocenters. The molecule has 0 spiro atoms. The van der Waals surface area contributed by atoms with E-state index in [1.54, 1.807) is 0 Å². The largest absolute Gasteiger partial charge is 0.383 e. The van der Waals surface area contributed by atoms with E-state index in [2.05, 4.69) is 30.5 Å². The number of anilines is 1. The topological polar surface area (TPSA) is 29.9 Å². The van der Waals surface area contributed by atoms with Gasteiger partial charge in [0.2, 0.25) is 0 Å². The van der Waals surface area contributed by atoms with E-state index < -0.39 is 0 Å². The Morgan fingerprint density at radius 2 is 2.14 bits per heavy atom. The Labute approximate surface area is 86.5 Å². The molecule has 0 aliphatic heterocycles. The third kappa shape index (κ3) is 3.81. The predicted molar refractivity (Wildman–Crippen MR) is 60.5 cm³/mol. The minimum atomic E-state index is 0.942. The molecule has 0 aromatic carbocycles. The van der Waals surface area contributed by atoms with Gasteiger partial charge in [0.1, 0.15) is 0 Å². The van der Waals surface area contributed by atoms with Gasteiger partial charge in [0.15, 0.2) is 0 Å². The van der Waals surface area contributed by atoms with Crippen LogP contribution in [0.3, 0.4) is 0 Å². The maximum Gasteiger partial charge on any atom is 0.0726 e. The highest BCUT2D eigenvalue weighted by Crippen LogP contribution is 2.05. The average molecular weight is 195 g/mol. The summed E-state index contributed by atoms with van der Waals surface area (Å²) in [5.74, 6) is 0. The van der Waals surface area contributed by atoms with Crippen molar-refractivity contribution in [3.05, 3.63) is 12.4 Å². The summed E-state index contributed by atoms with van der Waals surface area (Å²) < 4.78 is 1.94. The molecule has 1 aromatic rings. The second-order valence-corrected chi connectivity index (χ2v) is 3.57. The van der Waals surface area contributed by atoms with Crippen LogP contribution in [0.5, 0.6) is 0 Å². The summed E-state index contributed by atoms with van der Waals surface area (Å²) in [4.78, 5) is 0. The normalized spacial score (nSPS) is 10.4. The monoisotopic (exact) mass is 195 g/mol. The fourth-order valence-electron chi connectivity index (χ4n) is 1.41. The molecule has 0 bridgehead atoms. The number of aryl methyl sites for hydroxylation is 1. The van der Waals surface area contributed by atoms with Crippen molar-refractivity contribution in [3.8, 4) is 0 Å². The van der Waals surface area contributed by atoms with Gasteiger partial charge >= 0.3 is 0 Å². The standard InChI is InChI=1S/C11H21N3/c1-3-5-6-7-8-12-11-9-13-14(4-2)10-11/h9-10,12H,3-8H2,1-2H3. The smallest absolute Gasteiger partial charge is 0.0726 e. The summed E-state index contributed by atoms with van der Waals surface area (Å²) in [6, 6.07) is 0. The number of hydrogen-bond donors (Lipinski definition) is 1. The lowest BCUT2D eigenvalue weighted by atomic mass is 10.2. The highest BCUT2D eigenvalue weighted by atomic mass is 15.3. The Balaban J connectivity index is 2.12. The van der Waals surface area contributed by atoms with Crippen molar-refractivity contribution < 1.29 is 0 Å². The van der Waals surface area contributed by atoms with Crippen LogP contribution >= 0.6 is 0 Å². The lowest BCUT2D eigenvalue weighted by Gasteiger charge is -2.02. The summed E-state index contributed by atoms with van der Waals surface area (Å²) in [5.41, 5.74) is 1.14. The third-order valence-electron chi connectivity index (χ3n) is 2.32. The molecule has 1 heterocycles. The van der Waals surface area contributed by atoms with Crippen molar-refractivity contribution >= 4 is 5.69 Å². The van der Waals surface area contributed by atoms with E-state index in [1.807, 2.05) is 10.9 Å².